The fraction of sp³-hybridized carbons (Fsp3) is 0. The van der Waals surface area contributed by atoms with Gasteiger partial charge in [-0.1, -0.05) is 144 Å². The van der Waals surface area contributed by atoms with Crippen molar-refractivity contribution < 1.29 is 0 Å². The Morgan fingerprint density at radius 2 is 0.947 bits per heavy atom. The topological polar surface area (TPSA) is 3.24 Å². The van der Waals surface area contributed by atoms with E-state index in [4.69, 9.17) is 0 Å². The summed E-state index contributed by atoms with van der Waals surface area (Å²) >= 11 is 0. The summed E-state index contributed by atoms with van der Waals surface area (Å²) < 4.78 is 0. The smallest absolute Gasteiger partial charge is 0.121 e. The first-order valence-electron chi connectivity index (χ1n) is 12.9. The van der Waals surface area contributed by atoms with Crippen molar-refractivity contribution in [1.29, 1.82) is 0 Å². The van der Waals surface area contributed by atoms with Gasteiger partial charge in [0.25, 0.3) is 0 Å². The van der Waals surface area contributed by atoms with E-state index in [1.54, 1.807) is 0 Å². The van der Waals surface area contributed by atoms with Crippen molar-refractivity contribution in [1.82, 2.24) is 0 Å². The van der Waals surface area contributed by atoms with Gasteiger partial charge < -0.3 is 4.90 Å². The first-order chi connectivity index (χ1) is 18.8. The van der Waals surface area contributed by atoms with Gasteiger partial charge in [-0.05, 0) is 46.8 Å². The van der Waals surface area contributed by atoms with Crippen LogP contribution in [0.2, 0.25) is 0 Å². The molecule has 0 saturated heterocycles. The zero-order chi connectivity index (χ0) is 25.6. The molecule has 2 heteroatoms. The van der Waals surface area contributed by atoms with Crippen LogP contribution >= 0.6 is 0 Å². The van der Waals surface area contributed by atoms with Crippen molar-refractivity contribution in [2.45, 2.75) is 0 Å². The molecule has 0 aromatic heterocycles. The van der Waals surface area contributed by atoms with Crippen LogP contribution in [0.4, 0.5) is 17.1 Å². The molecule has 0 amide bonds. The molecule has 6 rings (SSSR count). The lowest BCUT2D eigenvalue weighted by Gasteiger charge is -2.27. The predicted octanol–water partition coefficient (Wildman–Crippen LogP) is 8.14. The Balaban J connectivity index is 1.25. The van der Waals surface area contributed by atoms with E-state index in [0.29, 0.717) is 9.52 Å². The second-order valence-corrected chi connectivity index (χ2v) is 10.6. The highest BCUT2D eigenvalue weighted by Gasteiger charge is 2.14. The minimum absolute atomic E-state index is 0.685. The van der Waals surface area contributed by atoms with Gasteiger partial charge in [0.15, 0.2) is 0 Å². The molecular weight excluding hydrogens is 474 g/mol. The first-order valence-corrected chi connectivity index (χ1v) is 13.9. The number of hydrogen-bond acceptors (Lipinski definition) is 1. The van der Waals surface area contributed by atoms with Gasteiger partial charge in [-0.15, -0.1) is 0 Å². The highest BCUT2D eigenvalue weighted by atomic mass is 28.2. The average Bonchev–Trinajstić information content (AvgIpc) is 2.99. The van der Waals surface area contributed by atoms with E-state index in [9.17, 15) is 0 Å². The van der Waals surface area contributed by atoms with Crippen LogP contribution in [0.5, 0.6) is 0 Å². The molecule has 0 heterocycles. The number of rotatable bonds is 7. The summed E-state index contributed by atoms with van der Waals surface area (Å²) in [5.74, 6) is 0. The van der Waals surface area contributed by atoms with Crippen LogP contribution in [0.15, 0.2) is 152 Å². The second-order valence-electron chi connectivity index (χ2n) is 9.21. The van der Waals surface area contributed by atoms with E-state index >= 15 is 0 Å². The Kier molecular flexibility index (Phi) is 6.97. The van der Waals surface area contributed by atoms with E-state index in [0.717, 1.165) is 11.4 Å². The molecule has 2 radical (unpaired) electrons. The van der Waals surface area contributed by atoms with Crippen LogP contribution < -0.4 is 15.3 Å². The van der Waals surface area contributed by atoms with Gasteiger partial charge in [-0.3, -0.25) is 0 Å². The van der Waals surface area contributed by atoms with E-state index in [1.165, 1.54) is 38.0 Å². The molecular formula is C36H27NSi. The lowest BCUT2D eigenvalue weighted by molar-refractivity contribution is 1.30. The fourth-order valence-corrected chi connectivity index (χ4v) is 5.73. The lowest BCUT2D eigenvalue weighted by Crippen LogP contribution is -2.26. The van der Waals surface area contributed by atoms with Gasteiger partial charge >= 0.3 is 0 Å². The predicted molar refractivity (Wildman–Crippen MR) is 165 cm³/mol. The Morgan fingerprint density at radius 1 is 0.421 bits per heavy atom. The van der Waals surface area contributed by atoms with Crippen molar-refractivity contribution >= 4 is 59.9 Å². The molecule has 0 spiro atoms. The third kappa shape index (κ3) is 5.36. The third-order valence-electron chi connectivity index (χ3n) is 6.61. The summed E-state index contributed by atoms with van der Waals surface area (Å²) in [6.45, 7) is 0. The molecule has 6 aromatic carbocycles. The monoisotopic (exact) mass is 501 g/mol. The SMILES string of the molecule is C(=Cc1ccc(N(c2ccccc2)c2cccc3ccccc23)cc1)c1ccc([Si]c2ccccc2)cc1. The van der Waals surface area contributed by atoms with Crippen molar-refractivity contribution in [2.75, 3.05) is 4.90 Å². The van der Waals surface area contributed by atoms with Crippen molar-refractivity contribution in [2.24, 2.45) is 0 Å². The van der Waals surface area contributed by atoms with Crippen LogP contribution in [0.1, 0.15) is 11.1 Å². The van der Waals surface area contributed by atoms with E-state index in [-0.39, 0.29) is 0 Å². The normalized spacial score (nSPS) is 11.2. The minimum Gasteiger partial charge on any atom is -0.310 e. The summed E-state index contributed by atoms with van der Waals surface area (Å²) in [5.41, 5.74) is 5.83. The molecule has 1 nitrogen and oxygen atoms in total. The number of hydrogen-bond donors (Lipinski definition) is 0. The van der Waals surface area contributed by atoms with Gasteiger partial charge in [0.1, 0.15) is 9.52 Å². The second kappa shape index (κ2) is 11.2. The molecule has 0 aliphatic carbocycles. The number of fused-ring (bicyclic) bond motifs is 1. The number of anilines is 3. The molecule has 0 aliphatic rings. The van der Waals surface area contributed by atoms with Gasteiger partial charge in [0.2, 0.25) is 0 Å². The molecule has 38 heavy (non-hydrogen) atoms. The van der Waals surface area contributed by atoms with Crippen LogP contribution in [0.25, 0.3) is 22.9 Å². The van der Waals surface area contributed by atoms with Crippen LogP contribution in [0, 0.1) is 0 Å². The molecule has 0 atom stereocenters. The van der Waals surface area contributed by atoms with Crippen LogP contribution in [-0.2, 0) is 0 Å². The third-order valence-corrected chi connectivity index (χ3v) is 7.86. The largest absolute Gasteiger partial charge is 0.310 e. The van der Waals surface area contributed by atoms with Crippen LogP contribution in [0.3, 0.4) is 0 Å². The van der Waals surface area contributed by atoms with E-state index in [1.807, 2.05) is 0 Å². The standard InChI is InChI=1S/C36H27NSi/c1-3-12-31(13-4-1)37(36-17-9-11-30-10-7-8-16-35(30)36)32-24-20-28(21-25-32)18-19-29-22-26-34(27-23-29)38-33-14-5-2-6-15-33/h1-27H. The average molecular weight is 502 g/mol. The van der Waals surface area contributed by atoms with Crippen LogP contribution in [-0.4, -0.2) is 9.52 Å². The van der Waals surface area contributed by atoms with Gasteiger partial charge in [-0.2, -0.15) is 0 Å². The molecule has 0 unspecified atom stereocenters. The molecule has 180 valence electrons. The van der Waals surface area contributed by atoms with E-state index < -0.39 is 0 Å². The Hall–Kier alpha value is -4.66. The number of nitrogens with zero attached hydrogens (tertiary/aromatic N) is 1. The van der Waals surface area contributed by atoms with Crippen molar-refractivity contribution in [3.63, 3.8) is 0 Å². The highest BCUT2D eigenvalue weighted by Crippen LogP contribution is 2.38. The number of benzene rings is 6. The molecule has 0 saturated carbocycles. The summed E-state index contributed by atoms with van der Waals surface area (Å²) in [6.07, 6.45) is 4.37. The maximum atomic E-state index is 2.34. The quantitative estimate of drug-likeness (QED) is 0.158. The van der Waals surface area contributed by atoms with Gasteiger partial charge in [-0.25, -0.2) is 0 Å². The number of para-hydroxylation sites is 1. The van der Waals surface area contributed by atoms with E-state index in [2.05, 4.69) is 169 Å². The molecule has 0 fully saturated rings. The highest BCUT2D eigenvalue weighted by molar-refractivity contribution is 6.67. The maximum absolute atomic E-state index is 2.34. The zero-order valence-electron chi connectivity index (χ0n) is 21.0. The molecule has 0 N–H and O–H groups in total. The Morgan fingerprint density at radius 3 is 1.66 bits per heavy atom. The Labute approximate surface area is 227 Å². The van der Waals surface area contributed by atoms with Crippen molar-refractivity contribution in [3.05, 3.63) is 163 Å². The van der Waals surface area contributed by atoms with Crippen molar-refractivity contribution in [3.8, 4) is 0 Å². The first kappa shape index (κ1) is 23.7. The summed E-state index contributed by atoms with van der Waals surface area (Å²) in [7, 11) is 0.685. The maximum Gasteiger partial charge on any atom is 0.121 e. The van der Waals surface area contributed by atoms with Gasteiger partial charge in [0, 0.05) is 16.8 Å². The summed E-state index contributed by atoms with van der Waals surface area (Å²) in [5, 5.41) is 5.19. The molecule has 0 aliphatic heterocycles. The fourth-order valence-electron chi connectivity index (χ4n) is 4.70. The zero-order valence-corrected chi connectivity index (χ0v) is 22.0. The lowest BCUT2D eigenvalue weighted by atomic mass is 10.1. The minimum atomic E-state index is 0.685. The summed E-state index contributed by atoms with van der Waals surface area (Å²) in [4.78, 5) is 2.34. The molecule has 6 aromatic rings. The molecule has 0 bridgehead atoms. The summed E-state index contributed by atoms with van der Waals surface area (Å²) in [6, 6.07) is 54.0. The Bertz CT molecular complexity index is 1650. The van der Waals surface area contributed by atoms with Gasteiger partial charge in [0.05, 0.1) is 5.69 Å².